The van der Waals surface area contributed by atoms with E-state index in [1.807, 2.05) is 12.1 Å². The summed E-state index contributed by atoms with van der Waals surface area (Å²) in [7, 11) is 2.18. The van der Waals surface area contributed by atoms with Gasteiger partial charge in [0.15, 0.2) is 5.82 Å². The van der Waals surface area contributed by atoms with Gasteiger partial charge < -0.3 is 4.90 Å². The number of tetrazole rings is 1. The van der Waals surface area contributed by atoms with E-state index in [1.54, 1.807) is 0 Å². The van der Waals surface area contributed by atoms with Crippen LogP contribution in [-0.2, 0) is 0 Å². The van der Waals surface area contributed by atoms with Crippen molar-refractivity contribution in [2.75, 3.05) is 33.2 Å². The molecule has 140 valence electrons. The molecule has 1 atom stereocenters. The Morgan fingerprint density at radius 2 is 1.69 bits per heavy atom. The quantitative estimate of drug-likeness (QED) is 0.822. The van der Waals surface area contributed by atoms with Crippen molar-refractivity contribution in [1.29, 1.82) is 0 Å². The lowest BCUT2D eigenvalue weighted by atomic mass is 9.95. The van der Waals surface area contributed by atoms with Gasteiger partial charge in [0.2, 0.25) is 0 Å². The van der Waals surface area contributed by atoms with Gasteiger partial charge >= 0.3 is 0 Å². The summed E-state index contributed by atoms with van der Waals surface area (Å²) in [4.78, 5) is 4.88. The molecule has 0 unspecified atom stereocenters. The third-order valence-corrected chi connectivity index (χ3v) is 6.02. The highest BCUT2D eigenvalue weighted by atomic mass is 35.5. The molecule has 2 aliphatic rings. The summed E-state index contributed by atoms with van der Waals surface area (Å²) in [6, 6.07) is 8.67. The van der Waals surface area contributed by atoms with Crippen molar-refractivity contribution in [3.8, 4) is 0 Å². The number of aromatic nitrogens is 4. The lowest BCUT2D eigenvalue weighted by Crippen LogP contribution is -2.46. The average molecular weight is 375 g/mol. The molecule has 1 saturated carbocycles. The van der Waals surface area contributed by atoms with Crippen LogP contribution >= 0.6 is 11.6 Å². The maximum Gasteiger partial charge on any atom is 0.173 e. The molecular weight excluding hydrogens is 348 g/mol. The van der Waals surface area contributed by atoms with Crippen LogP contribution < -0.4 is 0 Å². The smallest absolute Gasteiger partial charge is 0.173 e. The third kappa shape index (κ3) is 3.77. The van der Waals surface area contributed by atoms with E-state index in [-0.39, 0.29) is 6.04 Å². The molecule has 6 nitrogen and oxygen atoms in total. The number of piperazine rings is 1. The van der Waals surface area contributed by atoms with Crippen LogP contribution in [0.2, 0.25) is 5.02 Å². The van der Waals surface area contributed by atoms with Gasteiger partial charge in [-0.25, -0.2) is 4.68 Å². The predicted octanol–water partition coefficient (Wildman–Crippen LogP) is 3.17. The first-order valence-electron chi connectivity index (χ1n) is 9.68. The summed E-state index contributed by atoms with van der Waals surface area (Å²) in [6.07, 6.45) is 6.21. The van der Waals surface area contributed by atoms with E-state index < -0.39 is 0 Å². The Bertz CT molecular complexity index is 701. The summed E-state index contributed by atoms with van der Waals surface area (Å²) in [6.45, 7) is 4.16. The van der Waals surface area contributed by atoms with Crippen molar-refractivity contribution >= 4 is 11.6 Å². The summed E-state index contributed by atoms with van der Waals surface area (Å²) < 4.78 is 2.11. The van der Waals surface area contributed by atoms with Crippen LogP contribution in [-0.4, -0.2) is 63.2 Å². The van der Waals surface area contributed by atoms with Crippen LogP contribution in [0, 0.1) is 0 Å². The van der Waals surface area contributed by atoms with Gasteiger partial charge in [0.05, 0.1) is 12.1 Å². The fraction of sp³-hybridized carbons (Fsp3) is 0.632. The van der Waals surface area contributed by atoms with Crippen molar-refractivity contribution in [2.45, 2.75) is 44.2 Å². The summed E-state index contributed by atoms with van der Waals surface area (Å²) in [5, 5.41) is 13.7. The van der Waals surface area contributed by atoms with Gasteiger partial charge in [0.1, 0.15) is 0 Å². The number of likely N-dealkylation sites (N-methyl/N-ethyl adjacent to an activating group) is 1. The van der Waals surface area contributed by atoms with Gasteiger partial charge in [-0.2, -0.15) is 0 Å². The Morgan fingerprint density at radius 3 is 2.38 bits per heavy atom. The molecule has 0 radical (unpaired) electrons. The first kappa shape index (κ1) is 17.9. The minimum atomic E-state index is 0.0814. The van der Waals surface area contributed by atoms with E-state index in [2.05, 4.69) is 49.2 Å². The lowest BCUT2D eigenvalue weighted by Gasteiger charge is -2.38. The number of benzene rings is 1. The van der Waals surface area contributed by atoms with E-state index in [9.17, 15) is 0 Å². The van der Waals surface area contributed by atoms with Crippen LogP contribution in [0.1, 0.15) is 55.6 Å². The van der Waals surface area contributed by atoms with E-state index >= 15 is 0 Å². The molecule has 1 aliphatic heterocycles. The van der Waals surface area contributed by atoms with E-state index in [0.717, 1.165) is 37.0 Å². The Kier molecular flexibility index (Phi) is 5.52. The molecule has 26 heavy (non-hydrogen) atoms. The molecule has 1 aromatic carbocycles. The monoisotopic (exact) mass is 374 g/mol. The molecule has 7 heteroatoms. The van der Waals surface area contributed by atoms with Crippen LogP contribution in [0.25, 0.3) is 0 Å². The van der Waals surface area contributed by atoms with Crippen molar-refractivity contribution in [2.24, 2.45) is 0 Å². The van der Waals surface area contributed by atoms with Gasteiger partial charge in [-0.1, -0.05) is 43.0 Å². The molecule has 0 spiro atoms. The maximum absolute atomic E-state index is 6.13. The van der Waals surface area contributed by atoms with Crippen LogP contribution in [0.3, 0.4) is 0 Å². The Labute approximate surface area is 160 Å². The zero-order valence-electron chi connectivity index (χ0n) is 15.4. The largest absolute Gasteiger partial charge is 0.304 e. The Balaban J connectivity index is 1.69. The number of halogens is 1. The van der Waals surface area contributed by atoms with Gasteiger partial charge in [0.25, 0.3) is 0 Å². The number of hydrogen-bond donors (Lipinski definition) is 0. The Morgan fingerprint density at radius 1 is 1.00 bits per heavy atom. The standard InChI is InChI=1S/C19H27ClN6/c1-24-11-13-25(14-12-24)18(15-7-9-16(20)10-8-15)19-21-22-23-26(19)17-5-3-2-4-6-17/h7-10,17-18H,2-6,11-14H2,1H3/t18-/m0/s1. The van der Waals surface area contributed by atoms with E-state index in [0.29, 0.717) is 6.04 Å². The molecule has 4 rings (SSSR count). The molecule has 1 saturated heterocycles. The Hall–Kier alpha value is -1.50. The summed E-state index contributed by atoms with van der Waals surface area (Å²) >= 11 is 6.13. The number of rotatable bonds is 4. The molecule has 2 aromatic rings. The highest BCUT2D eigenvalue weighted by Gasteiger charge is 2.32. The van der Waals surface area contributed by atoms with Crippen molar-refractivity contribution in [3.63, 3.8) is 0 Å². The zero-order valence-corrected chi connectivity index (χ0v) is 16.1. The minimum absolute atomic E-state index is 0.0814. The van der Waals surface area contributed by atoms with Gasteiger partial charge in [-0.3, -0.25) is 4.90 Å². The van der Waals surface area contributed by atoms with Gasteiger partial charge in [-0.05, 0) is 48.0 Å². The SMILES string of the molecule is CN1CCN([C@@H](c2ccc(Cl)cc2)c2nnnn2C2CCCCC2)CC1. The molecule has 1 aliphatic carbocycles. The molecule has 0 bridgehead atoms. The lowest BCUT2D eigenvalue weighted by molar-refractivity contribution is 0.119. The van der Waals surface area contributed by atoms with Crippen molar-refractivity contribution in [1.82, 2.24) is 30.0 Å². The highest BCUT2D eigenvalue weighted by molar-refractivity contribution is 6.30. The fourth-order valence-electron chi connectivity index (χ4n) is 4.21. The molecular formula is C19H27ClN6. The topological polar surface area (TPSA) is 50.1 Å². The first-order chi connectivity index (χ1) is 12.7. The van der Waals surface area contributed by atoms with E-state index in [4.69, 9.17) is 11.6 Å². The van der Waals surface area contributed by atoms with Crippen molar-refractivity contribution < 1.29 is 0 Å². The molecule has 0 N–H and O–H groups in total. The molecule has 2 heterocycles. The van der Waals surface area contributed by atoms with Crippen LogP contribution in [0.15, 0.2) is 24.3 Å². The molecule has 0 amide bonds. The second-order valence-electron chi connectivity index (χ2n) is 7.57. The first-order valence-corrected chi connectivity index (χ1v) is 10.1. The second-order valence-corrected chi connectivity index (χ2v) is 8.00. The number of nitrogens with zero attached hydrogens (tertiary/aromatic N) is 6. The van der Waals surface area contributed by atoms with Crippen LogP contribution in [0.5, 0.6) is 0 Å². The zero-order chi connectivity index (χ0) is 17.9. The second kappa shape index (κ2) is 8.03. The fourth-order valence-corrected chi connectivity index (χ4v) is 4.34. The van der Waals surface area contributed by atoms with Gasteiger partial charge in [0, 0.05) is 31.2 Å². The molecule has 1 aromatic heterocycles. The normalized spacial score (nSPS) is 21.8. The minimum Gasteiger partial charge on any atom is -0.304 e. The maximum atomic E-state index is 6.13. The summed E-state index contributed by atoms with van der Waals surface area (Å²) in [5.74, 6) is 0.976. The predicted molar refractivity (Wildman–Crippen MR) is 102 cm³/mol. The highest BCUT2D eigenvalue weighted by Crippen LogP contribution is 2.33. The average Bonchev–Trinajstić information content (AvgIpc) is 3.15. The van der Waals surface area contributed by atoms with Gasteiger partial charge in [-0.15, -0.1) is 5.10 Å². The van der Waals surface area contributed by atoms with E-state index in [1.165, 1.54) is 37.7 Å². The van der Waals surface area contributed by atoms with Crippen LogP contribution in [0.4, 0.5) is 0 Å². The van der Waals surface area contributed by atoms with Crippen molar-refractivity contribution in [3.05, 3.63) is 40.7 Å². The number of hydrogen-bond acceptors (Lipinski definition) is 5. The summed E-state index contributed by atoms with van der Waals surface area (Å²) in [5.41, 5.74) is 1.21. The molecule has 2 fully saturated rings. The third-order valence-electron chi connectivity index (χ3n) is 5.77.